The van der Waals surface area contributed by atoms with Gasteiger partial charge >= 0.3 is 0 Å². The van der Waals surface area contributed by atoms with Gasteiger partial charge in [-0.15, -0.1) is 0 Å². The van der Waals surface area contributed by atoms with Crippen LogP contribution in [-0.2, 0) is 4.79 Å². The van der Waals surface area contributed by atoms with Gasteiger partial charge in [0.25, 0.3) is 0 Å². The van der Waals surface area contributed by atoms with Crippen molar-refractivity contribution >= 4 is 11.6 Å². The molecule has 16 heavy (non-hydrogen) atoms. The van der Waals surface area contributed by atoms with Gasteiger partial charge in [0.1, 0.15) is 11.9 Å². The quantitative estimate of drug-likeness (QED) is 0.663. The highest BCUT2D eigenvalue weighted by molar-refractivity contribution is 6.02. The van der Waals surface area contributed by atoms with Crippen LogP contribution in [0.25, 0.3) is 0 Å². The molecule has 1 aliphatic heterocycles. The predicted octanol–water partition coefficient (Wildman–Crippen LogP) is 0.791. The maximum absolute atomic E-state index is 12.9. The Balaban J connectivity index is 2.13. The lowest BCUT2D eigenvalue weighted by atomic mass is 10.1. The number of aliphatic hydroxyl groups is 1. The van der Waals surface area contributed by atoms with E-state index in [1.165, 1.54) is 12.1 Å². The van der Waals surface area contributed by atoms with Gasteiger partial charge in [-0.05, 0) is 25.1 Å². The summed E-state index contributed by atoms with van der Waals surface area (Å²) < 4.78 is 12.9. The third-order valence-electron chi connectivity index (χ3n) is 2.53. The minimum absolute atomic E-state index is 0.0810. The van der Waals surface area contributed by atoms with Gasteiger partial charge in [0, 0.05) is 17.9 Å². The second-order valence-electron chi connectivity index (χ2n) is 3.69. The molecule has 0 saturated heterocycles. The average Bonchev–Trinajstić information content (AvgIpc) is 2.55. The molecule has 1 amide bonds. The molecule has 0 fully saturated rings. The molecule has 1 aliphatic rings. The molecule has 4 nitrogen and oxygen atoms in total. The van der Waals surface area contributed by atoms with Crippen molar-refractivity contribution in [3.8, 4) is 0 Å². The van der Waals surface area contributed by atoms with Crippen molar-refractivity contribution in [3.63, 3.8) is 0 Å². The number of carbonyl (C=O) groups is 1. The largest absolute Gasteiger partial charge is 0.396 e. The molecular weight excluding hydrogens is 211 g/mol. The Morgan fingerprint density at radius 2 is 2.31 bits per heavy atom. The molecule has 1 heterocycles. The number of hydrogen-bond donors (Lipinski definition) is 3. The lowest BCUT2D eigenvalue weighted by molar-refractivity contribution is -0.117. The van der Waals surface area contributed by atoms with E-state index in [2.05, 4.69) is 10.6 Å². The van der Waals surface area contributed by atoms with Crippen LogP contribution in [-0.4, -0.2) is 24.2 Å². The number of fused-ring (bicyclic) bond motifs is 1. The Labute approximate surface area is 92.5 Å². The molecule has 1 aromatic rings. The molecule has 0 saturated carbocycles. The van der Waals surface area contributed by atoms with E-state index in [1.54, 1.807) is 6.07 Å². The van der Waals surface area contributed by atoms with Crippen molar-refractivity contribution in [1.29, 1.82) is 0 Å². The maximum Gasteiger partial charge on any atom is 0.246 e. The van der Waals surface area contributed by atoms with Crippen molar-refractivity contribution in [2.45, 2.75) is 12.5 Å². The van der Waals surface area contributed by atoms with Gasteiger partial charge < -0.3 is 15.7 Å². The van der Waals surface area contributed by atoms with Gasteiger partial charge in [-0.3, -0.25) is 4.79 Å². The third kappa shape index (κ3) is 2.05. The summed E-state index contributed by atoms with van der Waals surface area (Å²) in [5, 5.41) is 14.3. The number of anilines is 1. The highest BCUT2D eigenvalue weighted by Crippen LogP contribution is 2.30. The number of carbonyl (C=O) groups excluding carboxylic acids is 1. The second-order valence-corrected chi connectivity index (χ2v) is 3.69. The van der Waals surface area contributed by atoms with E-state index in [1.807, 2.05) is 0 Å². The summed E-state index contributed by atoms with van der Waals surface area (Å²) in [6, 6.07) is 3.79. The van der Waals surface area contributed by atoms with E-state index in [9.17, 15) is 9.18 Å². The van der Waals surface area contributed by atoms with Crippen molar-refractivity contribution in [2.24, 2.45) is 0 Å². The van der Waals surface area contributed by atoms with Gasteiger partial charge in [0.2, 0.25) is 5.91 Å². The van der Waals surface area contributed by atoms with E-state index in [0.29, 0.717) is 18.7 Å². The van der Waals surface area contributed by atoms with Crippen LogP contribution in [0.4, 0.5) is 10.1 Å². The molecule has 86 valence electrons. The Morgan fingerprint density at radius 1 is 1.50 bits per heavy atom. The van der Waals surface area contributed by atoms with Crippen LogP contribution >= 0.6 is 0 Å². The Kier molecular flexibility index (Phi) is 3.17. The predicted molar refractivity (Wildman–Crippen MR) is 57.5 cm³/mol. The molecule has 0 aromatic heterocycles. The van der Waals surface area contributed by atoms with Crippen LogP contribution in [0.15, 0.2) is 18.2 Å². The van der Waals surface area contributed by atoms with Crippen LogP contribution in [0.3, 0.4) is 0 Å². The first-order valence-electron chi connectivity index (χ1n) is 5.17. The first kappa shape index (κ1) is 11.0. The monoisotopic (exact) mass is 224 g/mol. The van der Waals surface area contributed by atoms with Crippen LogP contribution in [0, 0.1) is 5.82 Å². The molecule has 1 unspecified atom stereocenters. The van der Waals surface area contributed by atoms with Gasteiger partial charge in [-0.25, -0.2) is 4.39 Å². The fourth-order valence-electron chi connectivity index (χ4n) is 1.76. The first-order valence-corrected chi connectivity index (χ1v) is 5.17. The van der Waals surface area contributed by atoms with Crippen LogP contribution in [0.5, 0.6) is 0 Å². The average molecular weight is 224 g/mol. The normalized spacial score (nSPS) is 18.4. The summed E-state index contributed by atoms with van der Waals surface area (Å²) in [6.07, 6.45) is 0.584. The molecule has 5 heteroatoms. The van der Waals surface area contributed by atoms with E-state index < -0.39 is 6.04 Å². The topological polar surface area (TPSA) is 61.4 Å². The second kappa shape index (κ2) is 4.59. The highest BCUT2D eigenvalue weighted by Gasteiger charge is 2.29. The molecule has 0 radical (unpaired) electrons. The number of benzene rings is 1. The van der Waals surface area contributed by atoms with Gasteiger partial charge in [0.15, 0.2) is 0 Å². The minimum atomic E-state index is -0.442. The molecular formula is C11H13FN2O2. The fraction of sp³-hybridized carbons (Fsp3) is 0.364. The van der Waals surface area contributed by atoms with Crippen molar-refractivity contribution in [1.82, 2.24) is 5.32 Å². The Morgan fingerprint density at radius 3 is 3.06 bits per heavy atom. The van der Waals surface area contributed by atoms with E-state index in [4.69, 9.17) is 5.11 Å². The zero-order valence-corrected chi connectivity index (χ0v) is 8.66. The summed E-state index contributed by atoms with van der Waals surface area (Å²) in [6.45, 7) is 0.628. The zero-order chi connectivity index (χ0) is 11.5. The lowest BCUT2D eigenvalue weighted by Crippen LogP contribution is -2.28. The number of hydrogen-bond acceptors (Lipinski definition) is 3. The molecule has 0 aliphatic carbocycles. The van der Waals surface area contributed by atoms with E-state index >= 15 is 0 Å². The van der Waals surface area contributed by atoms with Crippen molar-refractivity contribution in [3.05, 3.63) is 29.6 Å². The Hall–Kier alpha value is -1.46. The Bertz CT molecular complexity index is 409. The number of halogens is 1. The summed E-state index contributed by atoms with van der Waals surface area (Å²) in [5.74, 6) is -0.548. The third-order valence-corrected chi connectivity index (χ3v) is 2.53. The van der Waals surface area contributed by atoms with Crippen molar-refractivity contribution < 1.29 is 14.3 Å². The van der Waals surface area contributed by atoms with Crippen LogP contribution < -0.4 is 10.6 Å². The molecule has 3 N–H and O–H groups in total. The number of rotatable bonds is 4. The zero-order valence-electron chi connectivity index (χ0n) is 8.66. The number of nitrogens with one attached hydrogen (secondary N) is 2. The van der Waals surface area contributed by atoms with Crippen LogP contribution in [0.1, 0.15) is 18.0 Å². The molecule has 1 atom stereocenters. The molecule has 1 aromatic carbocycles. The van der Waals surface area contributed by atoms with Gasteiger partial charge in [-0.2, -0.15) is 0 Å². The lowest BCUT2D eigenvalue weighted by Gasteiger charge is -2.10. The summed E-state index contributed by atoms with van der Waals surface area (Å²) >= 11 is 0. The SMILES string of the molecule is O=C1Nc2cc(F)ccc2C1NCCCO. The van der Waals surface area contributed by atoms with Crippen LogP contribution in [0.2, 0.25) is 0 Å². The maximum atomic E-state index is 12.9. The van der Waals surface area contributed by atoms with Crippen molar-refractivity contribution in [2.75, 3.05) is 18.5 Å². The van der Waals surface area contributed by atoms with E-state index in [-0.39, 0.29) is 18.3 Å². The fourth-order valence-corrected chi connectivity index (χ4v) is 1.76. The van der Waals surface area contributed by atoms with Gasteiger partial charge in [-0.1, -0.05) is 6.07 Å². The summed E-state index contributed by atoms with van der Waals surface area (Å²) in [4.78, 5) is 11.6. The molecule has 0 spiro atoms. The minimum Gasteiger partial charge on any atom is -0.396 e. The highest BCUT2D eigenvalue weighted by atomic mass is 19.1. The smallest absolute Gasteiger partial charge is 0.246 e. The molecule has 2 rings (SSSR count). The summed E-state index contributed by atoms with van der Waals surface area (Å²) in [7, 11) is 0. The molecule has 0 bridgehead atoms. The number of amides is 1. The standard InChI is InChI=1S/C11H13FN2O2/c12-7-2-3-8-9(6-7)14-11(16)10(8)13-4-1-5-15/h2-3,6,10,13,15H,1,4-5H2,(H,14,16). The number of aliphatic hydroxyl groups excluding tert-OH is 1. The summed E-state index contributed by atoms with van der Waals surface area (Å²) in [5.41, 5.74) is 1.27. The first-order chi connectivity index (χ1) is 7.72. The van der Waals surface area contributed by atoms with Gasteiger partial charge in [0.05, 0.1) is 0 Å². The van der Waals surface area contributed by atoms with E-state index in [0.717, 1.165) is 5.56 Å².